The lowest BCUT2D eigenvalue weighted by Gasteiger charge is -2.26. The fourth-order valence-electron chi connectivity index (χ4n) is 4.48. The molecule has 0 aliphatic carbocycles. The zero-order valence-corrected chi connectivity index (χ0v) is 20.0. The third-order valence-electron chi connectivity index (χ3n) is 6.19. The summed E-state index contributed by atoms with van der Waals surface area (Å²) in [7, 11) is 1.57. The molecule has 0 fully saturated rings. The number of nitro benzene ring substituents is 1. The highest BCUT2D eigenvalue weighted by Gasteiger charge is 2.43. The number of methoxy groups -OCH3 is 1. The first-order valence-electron chi connectivity index (χ1n) is 11.5. The zero-order chi connectivity index (χ0) is 26.1. The van der Waals surface area contributed by atoms with Crippen LogP contribution >= 0.6 is 0 Å². The molecule has 10 heteroatoms. The first kappa shape index (κ1) is 23.7. The largest absolute Gasteiger partial charge is 0.497 e. The van der Waals surface area contributed by atoms with Crippen molar-refractivity contribution in [2.24, 2.45) is 0 Å². The molecule has 0 bridgehead atoms. The minimum atomic E-state index is -0.702. The number of hydrogen-bond acceptors (Lipinski definition) is 7. The molecule has 0 radical (unpaired) electrons. The molecule has 4 aromatic rings. The van der Waals surface area contributed by atoms with E-state index in [-0.39, 0.29) is 23.9 Å². The average Bonchev–Trinajstić information content (AvgIpc) is 3.48. The Morgan fingerprint density at radius 1 is 1.11 bits per heavy atom. The molecule has 1 aliphatic heterocycles. The van der Waals surface area contributed by atoms with E-state index >= 15 is 0 Å². The zero-order valence-electron chi connectivity index (χ0n) is 20.0. The van der Waals surface area contributed by atoms with Crippen LogP contribution < -0.4 is 9.64 Å². The molecule has 2 heterocycles. The summed E-state index contributed by atoms with van der Waals surface area (Å²) in [5.74, 6) is -0.138. The van der Waals surface area contributed by atoms with Crippen LogP contribution in [0.4, 0.5) is 11.4 Å². The van der Waals surface area contributed by atoms with Crippen LogP contribution in [0.5, 0.6) is 5.75 Å². The molecule has 186 valence electrons. The molecule has 0 spiro atoms. The number of nitrogens with one attached hydrogen (secondary N) is 1. The Hall–Kier alpha value is -4.99. The molecule has 0 saturated carbocycles. The second-order valence-corrected chi connectivity index (χ2v) is 8.29. The van der Waals surface area contributed by atoms with Crippen LogP contribution in [-0.4, -0.2) is 40.7 Å². The predicted molar refractivity (Wildman–Crippen MR) is 135 cm³/mol. The molecule has 3 aromatic carbocycles. The van der Waals surface area contributed by atoms with Crippen LogP contribution in [0.25, 0.3) is 11.3 Å². The third-order valence-corrected chi connectivity index (χ3v) is 6.19. The Kier molecular flexibility index (Phi) is 6.14. The van der Waals surface area contributed by atoms with E-state index in [2.05, 4.69) is 10.2 Å². The van der Waals surface area contributed by atoms with Gasteiger partial charge >= 0.3 is 5.97 Å². The van der Waals surface area contributed by atoms with Crippen molar-refractivity contribution < 1.29 is 24.0 Å². The normalized spacial score (nSPS) is 14.4. The maximum Gasteiger partial charge on any atom is 0.338 e. The number of carbonyl (C=O) groups excluding carboxylic acids is 2. The molecule has 0 unspecified atom stereocenters. The van der Waals surface area contributed by atoms with Crippen molar-refractivity contribution >= 4 is 23.3 Å². The number of aromatic amines is 1. The maximum absolute atomic E-state index is 13.7. The first-order chi connectivity index (χ1) is 17.9. The summed E-state index contributed by atoms with van der Waals surface area (Å²) in [6.45, 7) is 1.97. The van der Waals surface area contributed by atoms with Crippen molar-refractivity contribution in [3.63, 3.8) is 0 Å². The van der Waals surface area contributed by atoms with E-state index in [1.165, 1.54) is 12.1 Å². The van der Waals surface area contributed by atoms with Gasteiger partial charge in [-0.3, -0.25) is 24.9 Å². The SMILES string of the molecule is CCOC(=O)c1ccc(N2C(=O)c3[nH]nc(-c4ccc(OC)cc4)c3[C@H]2c2cccc([N+](=O)[O-])c2)cc1. The molecule has 1 N–H and O–H groups in total. The Balaban J connectivity index is 1.65. The quantitative estimate of drug-likeness (QED) is 0.218. The maximum atomic E-state index is 13.7. The summed E-state index contributed by atoms with van der Waals surface area (Å²) in [6, 6.07) is 19.2. The van der Waals surface area contributed by atoms with Gasteiger partial charge < -0.3 is 9.47 Å². The number of anilines is 1. The topological polar surface area (TPSA) is 128 Å². The van der Waals surface area contributed by atoms with Crippen molar-refractivity contribution in [3.05, 3.63) is 105 Å². The van der Waals surface area contributed by atoms with E-state index in [4.69, 9.17) is 9.47 Å². The summed E-state index contributed by atoms with van der Waals surface area (Å²) in [5.41, 5.74) is 3.51. The summed E-state index contributed by atoms with van der Waals surface area (Å²) in [4.78, 5) is 38.4. The number of esters is 1. The van der Waals surface area contributed by atoms with Crippen LogP contribution in [0.15, 0.2) is 72.8 Å². The molecule has 1 aliphatic rings. The fraction of sp³-hybridized carbons (Fsp3) is 0.148. The van der Waals surface area contributed by atoms with Gasteiger partial charge in [0.2, 0.25) is 0 Å². The van der Waals surface area contributed by atoms with Crippen molar-refractivity contribution in [2.45, 2.75) is 13.0 Å². The van der Waals surface area contributed by atoms with Crippen molar-refractivity contribution in [3.8, 4) is 17.0 Å². The summed E-state index contributed by atoms with van der Waals surface area (Å²) >= 11 is 0. The first-order valence-corrected chi connectivity index (χ1v) is 11.5. The number of nitro groups is 1. The molecule has 10 nitrogen and oxygen atoms in total. The summed E-state index contributed by atoms with van der Waals surface area (Å²) < 4.78 is 10.3. The number of fused-ring (bicyclic) bond motifs is 1. The van der Waals surface area contributed by atoms with E-state index in [0.717, 1.165) is 5.56 Å². The molecule has 37 heavy (non-hydrogen) atoms. The Morgan fingerprint density at radius 3 is 2.49 bits per heavy atom. The highest BCUT2D eigenvalue weighted by Crippen LogP contribution is 2.45. The van der Waals surface area contributed by atoms with Crippen LogP contribution in [0.2, 0.25) is 0 Å². The van der Waals surface area contributed by atoms with E-state index < -0.39 is 16.9 Å². The van der Waals surface area contributed by atoms with Gasteiger partial charge in [0, 0.05) is 28.9 Å². The number of H-pyrrole nitrogens is 1. The number of amides is 1. The van der Waals surface area contributed by atoms with Crippen LogP contribution in [0, 0.1) is 10.1 Å². The highest BCUT2D eigenvalue weighted by molar-refractivity contribution is 6.12. The van der Waals surface area contributed by atoms with Gasteiger partial charge in [-0.25, -0.2) is 4.79 Å². The van der Waals surface area contributed by atoms with Gasteiger partial charge in [-0.05, 0) is 61.0 Å². The summed E-state index contributed by atoms with van der Waals surface area (Å²) in [6.07, 6.45) is 0. The van der Waals surface area contributed by atoms with E-state index in [9.17, 15) is 19.7 Å². The highest BCUT2D eigenvalue weighted by atomic mass is 16.6. The summed E-state index contributed by atoms with van der Waals surface area (Å²) in [5, 5.41) is 18.8. The Labute approximate surface area is 211 Å². The van der Waals surface area contributed by atoms with Gasteiger partial charge in [0.15, 0.2) is 0 Å². The molecule has 1 amide bonds. The lowest BCUT2D eigenvalue weighted by Crippen LogP contribution is -2.29. The van der Waals surface area contributed by atoms with Gasteiger partial charge in [0.05, 0.1) is 35.9 Å². The van der Waals surface area contributed by atoms with Gasteiger partial charge in [-0.1, -0.05) is 12.1 Å². The molecule has 1 aromatic heterocycles. The van der Waals surface area contributed by atoms with Gasteiger partial charge in [0.25, 0.3) is 11.6 Å². The lowest BCUT2D eigenvalue weighted by atomic mass is 9.95. The molecule has 1 atom stereocenters. The number of benzene rings is 3. The fourth-order valence-corrected chi connectivity index (χ4v) is 4.48. The van der Waals surface area contributed by atoms with Gasteiger partial charge in [0.1, 0.15) is 11.4 Å². The number of rotatable bonds is 7. The van der Waals surface area contributed by atoms with Crippen molar-refractivity contribution in [2.75, 3.05) is 18.6 Å². The van der Waals surface area contributed by atoms with Crippen molar-refractivity contribution in [1.29, 1.82) is 0 Å². The average molecular weight is 498 g/mol. The lowest BCUT2D eigenvalue weighted by molar-refractivity contribution is -0.384. The van der Waals surface area contributed by atoms with Crippen LogP contribution in [-0.2, 0) is 4.74 Å². The molecule has 5 rings (SSSR count). The van der Waals surface area contributed by atoms with Gasteiger partial charge in [-0.15, -0.1) is 0 Å². The molecule has 0 saturated heterocycles. The number of aromatic nitrogens is 2. The van der Waals surface area contributed by atoms with Gasteiger partial charge in [-0.2, -0.15) is 5.10 Å². The monoisotopic (exact) mass is 498 g/mol. The number of carbonyl (C=O) groups is 2. The molecular formula is C27H22N4O6. The number of hydrogen-bond donors (Lipinski definition) is 1. The number of ether oxygens (including phenoxy) is 2. The second-order valence-electron chi connectivity index (χ2n) is 8.29. The van der Waals surface area contributed by atoms with Crippen molar-refractivity contribution in [1.82, 2.24) is 10.2 Å². The van der Waals surface area contributed by atoms with E-state index in [1.807, 2.05) is 12.1 Å². The Bertz CT molecular complexity index is 1490. The van der Waals surface area contributed by atoms with E-state index in [1.54, 1.807) is 67.5 Å². The van der Waals surface area contributed by atoms with E-state index in [0.29, 0.717) is 33.8 Å². The minimum Gasteiger partial charge on any atom is -0.497 e. The standard InChI is InChI=1S/C27H22N4O6/c1-3-37-27(33)17-7-11-19(12-8-17)30-25(18-5-4-6-20(15-18)31(34)35)22-23(28-29-24(22)26(30)32)16-9-13-21(36-2)14-10-16/h4-15,25H,3H2,1-2H3,(H,28,29)/t25-/m1/s1. The number of nitrogens with zero attached hydrogens (tertiary/aromatic N) is 3. The smallest absolute Gasteiger partial charge is 0.338 e. The molecular weight excluding hydrogens is 476 g/mol. The van der Waals surface area contributed by atoms with Crippen LogP contribution in [0.3, 0.4) is 0 Å². The third kappa shape index (κ3) is 4.18. The van der Waals surface area contributed by atoms with Crippen LogP contribution in [0.1, 0.15) is 44.9 Å². The number of non-ortho nitro benzene ring substituents is 1. The Morgan fingerprint density at radius 2 is 1.84 bits per heavy atom. The minimum absolute atomic E-state index is 0.0921. The predicted octanol–water partition coefficient (Wildman–Crippen LogP) is 4.92. The second kappa shape index (κ2) is 9.57.